The van der Waals surface area contributed by atoms with Gasteiger partial charge in [-0.2, -0.15) is 0 Å². The summed E-state index contributed by atoms with van der Waals surface area (Å²) in [5.74, 6) is 1.16. The largest absolute Gasteiger partial charge is 0.310 e. The van der Waals surface area contributed by atoms with Crippen molar-refractivity contribution in [2.24, 2.45) is 0 Å². The topological polar surface area (TPSA) is 16.1 Å². The van der Waals surface area contributed by atoms with Crippen molar-refractivity contribution < 1.29 is 0 Å². The fourth-order valence-electron chi connectivity index (χ4n) is 11.1. The van der Waals surface area contributed by atoms with Crippen LogP contribution in [0.25, 0.3) is 66.0 Å². The van der Waals surface area contributed by atoms with Crippen LogP contribution < -0.4 is 4.90 Å². The highest BCUT2D eigenvalue weighted by atomic mass is 15.1. The number of aryl methyl sites for hydroxylation is 1. The summed E-state index contributed by atoms with van der Waals surface area (Å²) < 4.78 is 0. The average Bonchev–Trinajstić information content (AvgIpc) is 3.96. The Hall–Kier alpha value is -6.51. The van der Waals surface area contributed by atoms with Crippen LogP contribution in [0.4, 0.5) is 17.1 Å². The van der Waals surface area contributed by atoms with Crippen molar-refractivity contribution in [1.29, 1.82) is 0 Å². The molecule has 3 aliphatic carbocycles. The molecular weight excluding hydrogens is 701 g/mol. The smallest absolute Gasteiger partial charge is 0.0797 e. The second-order valence-electron chi connectivity index (χ2n) is 17.5. The number of pyridine rings is 1. The van der Waals surface area contributed by atoms with Gasteiger partial charge in [0, 0.05) is 38.8 Å². The van der Waals surface area contributed by atoms with Gasteiger partial charge < -0.3 is 4.90 Å². The number of fused-ring (bicyclic) bond motifs is 15. The van der Waals surface area contributed by atoms with Gasteiger partial charge in [0.1, 0.15) is 0 Å². The van der Waals surface area contributed by atoms with E-state index >= 15 is 0 Å². The molecule has 3 aliphatic rings. The predicted octanol–water partition coefficient (Wildman–Crippen LogP) is 15.3. The highest BCUT2D eigenvalue weighted by Crippen LogP contribution is 2.59. The minimum atomic E-state index is -0.104. The number of hydrogen-bond donors (Lipinski definition) is 0. The van der Waals surface area contributed by atoms with Gasteiger partial charge in [-0.1, -0.05) is 147 Å². The molecule has 0 amide bonds. The summed E-state index contributed by atoms with van der Waals surface area (Å²) in [4.78, 5) is 8.15. The molecule has 0 spiro atoms. The van der Waals surface area contributed by atoms with Crippen LogP contribution in [0.2, 0.25) is 0 Å². The normalized spacial score (nSPS) is 17.2. The second-order valence-corrected chi connectivity index (χ2v) is 17.5. The Morgan fingerprint density at radius 1 is 0.500 bits per heavy atom. The third kappa shape index (κ3) is 4.88. The van der Waals surface area contributed by atoms with Crippen molar-refractivity contribution in [1.82, 2.24) is 4.98 Å². The Morgan fingerprint density at radius 2 is 1.12 bits per heavy atom. The fraction of sp³-hybridized carbons (Fsp3) is 0.161. The molecule has 1 aromatic heterocycles. The van der Waals surface area contributed by atoms with Crippen LogP contribution in [-0.4, -0.2) is 4.98 Å². The van der Waals surface area contributed by atoms with E-state index in [1.54, 1.807) is 5.56 Å². The molecule has 9 aromatic rings. The van der Waals surface area contributed by atoms with Gasteiger partial charge in [-0.25, -0.2) is 4.98 Å². The van der Waals surface area contributed by atoms with Crippen LogP contribution in [0, 0.1) is 6.92 Å². The van der Waals surface area contributed by atoms with Crippen LogP contribution >= 0.6 is 0 Å². The van der Waals surface area contributed by atoms with E-state index in [1.165, 1.54) is 108 Å². The lowest BCUT2D eigenvalue weighted by molar-refractivity contribution is 0.660. The van der Waals surface area contributed by atoms with Crippen molar-refractivity contribution >= 4 is 49.5 Å². The highest BCUT2D eigenvalue weighted by molar-refractivity contribution is 6.26. The molecule has 2 unspecified atom stereocenters. The van der Waals surface area contributed by atoms with E-state index in [0.29, 0.717) is 11.8 Å². The third-order valence-electron chi connectivity index (χ3n) is 13.9. The molecular formula is C56H44N2. The summed E-state index contributed by atoms with van der Waals surface area (Å²) >= 11 is 0. The van der Waals surface area contributed by atoms with Crippen molar-refractivity contribution in [3.8, 4) is 33.5 Å². The Kier molecular flexibility index (Phi) is 7.24. The number of rotatable bonds is 5. The first-order valence-corrected chi connectivity index (χ1v) is 21.0. The van der Waals surface area contributed by atoms with Gasteiger partial charge in [0.05, 0.1) is 11.2 Å². The molecule has 2 nitrogen and oxygen atoms in total. The summed E-state index contributed by atoms with van der Waals surface area (Å²) in [5.41, 5.74) is 19.2. The first-order chi connectivity index (χ1) is 28.4. The van der Waals surface area contributed by atoms with Crippen molar-refractivity contribution in [3.63, 3.8) is 0 Å². The Labute approximate surface area is 340 Å². The maximum absolute atomic E-state index is 5.68. The Morgan fingerprint density at radius 3 is 1.93 bits per heavy atom. The maximum Gasteiger partial charge on any atom is 0.0797 e. The van der Waals surface area contributed by atoms with E-state index in [4.69, 9.17) is 4.98 Å². The van der Waals surface area contributed by atoms with Gasteiger partial charge in [0.25, 0.3) is 0 Å². The van der Waals surface area contributed by atoms with Crippen molar-refractivity contribution in [2.45, 2.75) is 57.3 Å². The molecule has 1 heterocycles. The van der Waals surface area contributed by atoms with E-state index < -0.39 is 0 Å². The van der Waals surface area contributed by atoms with Gasteiger partial charge in [-0.15, -0.1) is 0 Å². The number of nitrogens with zero attached hydrogens (tertiary/aromatic N) is 2. The van der Waals surface area contributed by atoms with Gasteiger partial charge in [-0.05, 0) is 135 Å². The molecule has 2 atom stereocenters. The van der Waals surface area contributed by atoms with Crippen LogP contribution in [0.5, 0.6) is 0 Å². The van der Waals surface area contributed by atoms with E-state index in [0.717, 1.165) is 16.9 Å². The molecule has 278 valence electrons. The average molecular weight is 745 g/mol. The zero-order valence-electron chi connectivity index (χ0n) is 33.3. The first kappa shape index (κ1) is 33.6. The monoisotopic (exact) mass is 744 g/mol. The molecule has 1 saturated carbocycles. The Balaban J connectivity index is 1.10. The zero-order chi connectivity index (χ0) is 38.7. The van der Waals surface area contributed by atoms with E-state index in [1.807, 2.05) is 0 Å². The van der Waals surface area contributed by atoms with Crippen molar-refractivity contribution in [2.75, 3.05) is 4.90 Å². The lowest BCUT2D eigenvalue weighted by atomic mass is 9.82. The molecule has 2 bridgehead atoms. The van der Waals surface area contributed by atoms with Gasteiger partial charge >= 0.3 is 0 Å². The van der Waals surface area contributed by atoms with E-state index in [2.05, 4.69) is 189 Å². The molecule has 8 aromatic carbocycles. The van der Waals surface area contributed by atoms with Gasteiger partial charge in [-0.3, -0.25) is 0 Å². The lowest BCUT2D eigenvalue weighted by Crippen LogP contribution is -2.16. The maximum atomic E-state index is 5.68. The molecule has 12 rings (SSSR count). The minimum Gasteiger partial charge on any atom is -0.310 e. The quantitative estimate of drug-likeness (QED) is 0.163. The number of hydrogen-bond acceptors (Lipinski definition) is 2. The SMILES string of the molecule is Cc1ccc(-c2nc3c4ccccc4c4cc(N(c5ccc(-c6ccccc6)cc5)c5ccc6c(c5)C(C)(C)c5ccccc5-6)ccc4c3c3c2C2CCC3C2)cc1. The Bertz CT molecular complexity index is 3120. The van der Waals surface area contributed by atoms with Crippen LogP contribution in [0.3, 0.4) is 0 Å². The van der Waals surface area contributed by atoms with E-state index in [9.17, 15) is 0 Å². The lowest BCUT2D eigenvalue weighted by Gasteiger charge is -2.29. The summed E-state index contributed by atoms with van der Waals surface area (Å²) in [6, 6.07) is 61.1. The van der Waals surface area contributed by atoms with Crippen molar-refractivity contribution in [3.05, 3.63) is 192 Å². The highest BCUT2D eigenvalue weighted by Gasteiger charge is 2.41. The fourth-order valence-corrected chi connectivity index (χ4v) is 11.1. The number of aromatic nitrogens is 1. The molecule has 58 heavy (non-hydrogen) atoms. The number of anilines is 3. The zero-order valence-corrected chi connectivity index (χ0v) is 33.3. The minimum absolute atomic E-state index is 0.104. The summed E-state index contributed by atoms with van der Waals surface area (Å²) in [6.07, 6.45) is 3.77. The molecule has 0 radical (unpaired) electrons. The molecule has 0 N–H and O–H groups in total. The molecule has 0 aliphatic heterocycles. The van der Waals surface area contributed by atoms with Gasteiger partial charge in [0.2, 0.25) is 0 Å². The summed E-state index contributed by atoms with van der Waals surface area (Å²) in [7, 11) is 0. The molecule has 0 saturated heterocycles. The van der Waals surface area contributed by atoms with Crippen LogP contribution in [0.1, 0.15) is 72.8 Å². The van der Waals surface area contributed by atoms with Crippen LogP contribution in [-0.2, 0) is 5.41 Å². The molecule has 1 fully saturated rings. The van der Waals surface area contributed by atoms with E-state index in [-0.39, 0.29) is 5.41 Å². The van der Waals surface area contributed by atoms with Crippen LogP contribution in [0.15, 0.2) is 164 Å². The second kappa shape index (κ2) is 12.5. The summed E-state index contributed by atoms with van der Waals surface area (Å²) in [6.45, 7) is 6.91. The number of benzene rings is 8. The third-order valence-corrected chi connectivity index (χ3v) is 13.9. The standard InChI is InChI=1S/C56H44N2/c1-34-17-19-37(20-18-34)54-52-39-22-21-38(31-39)51(52)53-46-30-28-41(32-48(46)43-13-7-8-15-47(43)55(53)57-54)58(40-25-23-36(24-26-40)35-11-5-4-6-12-35)42-27-29-45-44-14-9-10-16-49(44)56(2,3)50(45)33-42/h4-20,23-30,32-33,38-39H,21-22,31H2,1-3H3. The predicted molar refractivity (Wildman–Crippen MR) is 244 cm³/mol. The summed E-state index contributed by atoms with van der Waals surface area (Å²) in [5, 5.41) is 6.46. The van der Waals surface area contributed by atoms with Gasteiger partial charge in [0.15, 0.2) is 0 Å². The molecule has 2 heteroatoms. The first-order valence-electron chi connectivity index (χ1n) is 21.0.